The van der Waals surface area contributed by atoms with Crippen molar-refractivity contribution in [2.24, 2.45) is 0 Å². The van der Waals surface area contributed by atoms with Gasteiger partial charge in [0.05, 0.1) is 19.1 Å². The van der Waals surface area contributed by atoms with Crippen molar-refractivity contribution >= 4 is 11.4 Å². The third kappa shape index (κ3) is 6.43. The molecule has 0 amide bonds. The van der Waals surface area contributed by atoms with Crippen LogP contribution in [0.1, 0.15) is 29.5 Å². The largest absolute Gasteiger partial charge is 0.573 e. The molecule has 39 heavy (non-hydrogen) atoms. The van der Waals surface area contributed by atoms with Crippen LogP contribution < -0.4 is 15.0 Å². The number of hydrogen-bond acceptors (Lipinski definition) is 4. The van der Waals surface area contributed by atoms with Crippen LogP contribution in [0.2, 0.25) is 0 Å². The molecule has 0 aromatic heterocycles. The number of halogens is 6. The van der Waals surface area contributed by atoms with E-state index in [-0.39, 0.29) is 31.3 Å². The number of rotatable bonds is 8. The first-order chi connectivity index (χ1) is 18.5. The van der Waals surface area contributed by atoms with E-state index in [1.165, 1.54) is 18.2 Å². The topological polar surface area (TPSA) is 33.7 Å². The maximum absolute atomic E-state index is 13.2. The normalized spacial score (nSPS) is 21.2. The molecular weight excluding hydrogens is 522 g/mol. The lowest BCUT2D eigenvalue weighted by molar-refractivity contribution is -0.274. The molecule has 10 heteroatoms. The maximum Gasteiger partial charge on any atom is 0.573 e. The Morgan fingerprint density at radius 3 is 2.49 bits per heavy atom. The lowest BCUT2D eigenvalue weighted by atomic mass is 9.71. The third-order valence-corrected chi connectivity index (χ3v) is 7.24. The van der Waals surface area contributed by atoms with Gasteiger partial charge >= 0.3 is 12.5 Å². The molecule has 2 aliphatic heterocycles. The molecule has 1 fully saturated rings. The average Bonchev–Trinajstić information content (AvgIpc) is 3.49. The monoisotopic (exact) mass is 550 g/mol. The van der Waals surface area contributed by atoms with Crippen LogP contribution >= 0.6 is 0 Å². The molecule has 1 N–H and O–H groups in total. The molecule has 0 bridgehead atoms. The Balaban J connectivity index is 1.56. The second-order valence-corrected chi connectivity index (χ2v) is 10.0. The van der Waals surface area contributed by atoms with Crippen LogP contribution in [0.25, 0.3) is 0 Å². The molecule has 3 aromatic rings. The molecule has 2 aliphatic rings. The van der Waals surface area contributed by atoms with E-state index in [1.54, 1.807) is 23.1 Å². The van der Waals surface area contributed by atoms with Gasteiger partial charge < -0.3 is 19.7 Å². The first-order valence-electron chi connectivity index (χ1n) is 12.7. The Morgan fingerprint density at radius 1 is 0.949 bits per heavy atom. The summed E-state index contributed by atoms with van der Waals surface area (Å²) in [6, 6.07) is 21.0. The number of ether oxygens (including phenoxy) is 2. The van der Waals surface area contributed by atoms with Crippen molar-refractivity contribution in [3.05, 3.63) is 89.5 Å². The highest BCUT2D eigenvalue weighted by Gasteiger charge is 2.45. The fourth-order valence-corrected chi connectivity index (χ4v) is 5.60. The van der Waals surface area contributed by atoms with Gasteiger partial charge in [-0.25, -0.2) is 0 Å². The van der Waals surface area contributed by atoms with Crippen molar-refractivity contribution in [2.75, 3.05) is 36.5 Å². The minimum absolute atomic E-state index is 0.145. The summed E-state index contributed by atoms with van der Waals surface area (Å²) < 4.78 is 88.1. The van der Waals surface area contributed by atoms with Crippen LogP contribution in [0.3, 0.4) is 0 Å². The second-order valence-electron chi connectivity index (χ2n) is 10.0. The quantitative estimate of drug-likeness (QED) is 0.304. The van der Waals surface area contributed by atoms with E-state index in [9.17, 15) is 26.3 Å². The lowest BCUT2D eigenvalue weighted by Gasteiger charge is -2.33. The summed E-state index contributed by atoms with van der Waals surface area (Å²) >= 11 is 0. The molecule has 0 radical (unpaired) electrons. The van der Waals surface area contributed by atoms with E-state index in [1.807, 2.05) is 36.4 Å². The van der Waals surface area contributed by atoms with E-state index in [4.69, 9.17) is 4.74 Å². The van der Waals surface area contributed by atoms with Crippen molar-refractivity contribution < 1.29 is 35.8 Å². The molecule has 2 atom stereocenters. The summed E-state index contributed by atoms with van der Waals surface area (Å²) in [6.45, 7) is 1.26. The van der Waals surface area contributed by atoms with Gasteiger partial charge in [0.15, 0.2) is 0 Å². The van der Waals surface area contributed by atoms with Crippen LogP contribution in [0.5, 0.6) is 5.75 Å². The average molecular weight is 551 g/mol. The number of para-hydroxylation sites is 1. The van der Waals surface area contributed by atoms with E-state index >= 15 is 0 Å². The van der Waals surface area contributed by atoms with Crippen LogP contribution in [0.15, 0.2) is 72.8 Å². The zero-order chi connectivity index (χ0) is 27.7. The lowest BCUT2D eigenvalue weighted by Crippen LogP contribution is -2.38. The highest BCUT2D eigenvalue weighted by Crippen LogP contribution is 2.48. The standard InChI is InChI=1S/C29H28F6N2O2/c30-28(31,32)12-13-37-19-27(25-9-1-2-10-26(25)37,17-20-5-3-8-24(15-20)39-29(33,34)35)21-6-4-7-22(16-21)36-23-11-14-38-18-23/h1-10,15-16,23,36H,11-14,17-19H2. The minimum atomic E-state index is -4.84. The Morgan fingerprint density at radius 2 is 1.74 bits per heavy atom. The van der Waals surface area contributed by atoms with E-state index in [0.717, 1.165) is 23.2 Å². The molecule has 4 nitrogen and oxygen atoms in total. The first kappa shape index (κ1) is 27.2. The third-order valence-electron chi connectivity index (χ3n) is 7.24. The van der Waals surface area contributed by atoms with Gasteiger partial charge in [0.1, 0.15) is 5.75 Å². The highest BCUT2D eigenvalue weighted by atomic mass is 19.4. The summed E-state index contributed by atoms with van der Waals surface area (Å²) in [7, 11) is 0. The van der Waals surface area contributed by atoms with Gasteiger partial charge in [-0.2, -0.15) is 13.2 Å². The van der Waals surface area contributed by atoms with Crippen LogP contribution in [0, 0.1) is 0 Å². The Labute approximate surface area is 222 Å². The summed E-state index contributed by atoms with van der Waals surface area (Å²) in [5.74, 6) is -0.341. The van der Waals surface area contributed by atoms with Gasteiger partial charge in [-0.3, -0.25) is 0 Å². The SMILES string of the molecule is FC(F)(F)CCN1CC(Cc2cccc(OC(F)(F)F)c2)(c2cccc(NC3CCOC3)c2)c2ccccc21. The smallest absolute Gasteiger partial charge is 0.406 e. The van der Waals surface area contributed by atoms with Gasteiger partial charge in [-0.15, -0.1) is 13.2 Å². The van der Waals surface area contributed by atoms with Gasteiger partial charge in [-0.1, -0.05) is 42.5 Å². The Kier molecular flexibility index (Phi) is 7.41. The Hall–Kier alpha value is -3.40. The number of hydrogen-bond donors (Lipinski definition) is 1. The van der Waals surface area contributed by atoms with Crippen molar-refractivity contribution in [3.8, 4) is 5.75 Å². The second kappa shape index (κ2) is 10.6. The van der Waals surface area contributed by atoms with Crippen LogP contribution in [-0.2, 0) is 16.6 Å². The van der Waals surface area contributed by atoms with Gasteiger partial charge in [0.2, 0.25) is 0 Å². The van der Waals surface area contributed by atoms with Gasteiger partial charge in [0.25, 0.3) is 0 Å². The molecular formula is C29H28F6N2O2. The van der Waals surface area contributed by atoms with Gasteiger partial charge in [0, 0.05) is 36.5 Å². The highest BCUT2D eigenvalue weighted by molar-refractivity contribution is 5.68. The molecule has 5 rings (SSSR count). The summed E-state index contributed by atoms with van der Waals surface area (Å²) in [6.07, 6.45) is -9.02. The summed E-state index contributed by atoms with van der Waals surface area (Å²) in [4.78, 5) is 1.73. The number of alkyl halides is 6. The number of benzene rings is 3. The number of anilines is 2. The summed E-state index contributed by atoms with van der Waals surface area (Å²) in [5.41, 5.74) is 2.98. The molecule has 208 valence electrons. The van der Waals surface area contributed by atoms with Crippen LogP contribution in [0.4, 0.5) is 37.7 Å². The molecule has 0 saturated carbocycles. The maximum atomic E-state index is 13.2. The predicted octanol–water partition coefficient (Wildman–Crippen LogP) is 7.09. The van der Waals surface area contributed by atoms with Crippen molar-refractivity contribution in [3.63, 3.8) is 0 Å². The minimum Gasteiger partial charge on any atom is -0.406 e. The van der Waals surface area contributed by atoms with Crippen molar-refractivity contribution in [2.45, 2.75) is 43.3 Å². The van der Waals surface area contributed by atoms with Crippen LogP contribution in [-0.4, -0.2) is 44.9 Å². The van der Waals surface area contributed by atoms with Gasteiger partial charge in [-0.05, 0) is 59.9 Å². The molecule has 0 aliphatic carbocycles. The van der Waals surface area contributed by atoms with Crippen molar-refractivity contribution in [1.82, 2.24) is 0 Å². The number of nitrogens with zero attached hydrogens (tertiary/aromatic N) is 1. The zero-order valence-electron chi connectivity index (χ0n) is 21.0. The van der Waals surface area contributed by atoms with E-state index < -0.39 is 24.4 Å². The number of nitrogens with one attached hydrogen (secondary N) is 1. The molecule has 2 unspecified atom stereocenters. The van der Waals surface area contributed by atoms with E-state index in [2.05, 4.69) is 10.1 Å². The zero-order valence-corrected chi connectivity index (χ0v) is 21.0. The molecule has 0 spiro atoms. The Bertz CT molecular complexity index is 1290. The summed E-state index contributed by atoms with van der Waals surface area (Å²) in [5, 5.41) is 3.47. The fraction of sp³-hybridized carbons (Fsp3) is 0.379. The van der Waals surface area contributed by atoms with Crippen molar-refractivity contribution in [1.29, 1.82) is 0 Å². The van der Waals surface area contributed by atoms with E-state index in [0.29, 0.717) is 24.5 Å². The molecule has 2 heterocycles. The number of fused-ring (bicyclic) bond motifs is 1. The molecule has 3 aromatic carbocycles. The first-order valence-corrected chi connectivity index (χ1v) is 12.7. The molecule has 1 saturated heterocycles. The predicted molar refractivity (Wildman–Crippen MR) is 136 cm³/mol. The fourth-order valence-electron chi connectivity index (χ4n) is 5.60.